The maximum absolute atomic E-state index is 10.8. The molecule has 26 heavy (non-hydrogen) atoms. The third-order valence-electron chi connectivity index (χ3n) is 4.94. The van der Waals surface area contributed by atoms with E-state index in [0.717, 1.165) is 50.0 Å². The summed E-state index contributed by atoms with van der Waals surface area (Å²) in [5, 5.41) is 21.5. The molecule has 2 aromatic carbocycles. The number of piperidine rings is 1. The van der Waals surface area contributed by atoms with Gasteiger partial charge >= 0.3 is 0 Å². The first-order chi connectivity index (χ1) is 12.5. The molecule has 0 amide bonds. The van der Waals surface area contributed by atoms with E-state index in [2.05, 4.69) is 4.90 Å². The third kappa shape index (κ3) is 4.43. The molecule has 0 radical (unpaired) electrons. The topological polar surface area (TPSA) is 89.5 Å². The Morgan fingerprint density at radius 3 is 2.08 bits per heavy atom. The fourth-order valence-electron chi connectivity index (χ4n) is 3.47. The normalized spacial score (nSPS) is 17.8. The summed E-state index contributed by atoms with van der Waals surface area (Å²) in [6.45, 7) is 2.88. The van der Waals surface area contributed by atoms with Gasteiger partial charge in [-0.25, -0.2) is 0 Å². The lowest BCUT2D eigenvalue weighted by Gasteiger charge is -2.33. The number of non-ortho nitro benzene ring substituents is 2. The summed E-state index contributed by atoms with van der Waals surface area (Å²) in [7, 11) is 0. The van der Waals surface area contributed by atoms with Crippen LogP contribution in [-0.2, 0) is 6.42 Å². The van der Waals surface area contributed by atoms with Gasteiger partial charge in [0, 0.05) is 37.4 Å². The van der Waals surface area contributed by atoms with Crippen LogP contribution in [0.25, 0.3) is 0 Å². The van der Waals surface area contributed by atoms with Crippen LogP contribution in [0.1, 0.15) is 29.9 Å². The summed E-state index contributed by atoms with van der Waals surface area (Å²) < 4.78 is 0. The Morgan fingerprint density at radius 1 is 0.923 bits per heavy atom. The molecule has 0 spiro atoms. The highest BCUT2D eigenvalue weighted by Crippen LogP contribution is 2.28. The number of nitrogens with zero attached hydrogens (tertiary/aromatic N) is 3. The summed E-state index contributed by atoms with van der Waals surface area (Å²) in [5.74, 6) is 0.390. The van der Waals surface area contributed by atoms with Gasteiger partial charge < -0.3 is 4.90 Å². The third-order valence-corrected chi connectivity index (χ3v) is 4.94. The Labute approximate surface area is 151 Å². The van der Waals surface area contributed by atoms with Crippen molar-refractivity contribution >= 4 is 11.4 Å². The van der Waals surface area contributed by atoms with Crippen molar-refractivity contribution in [3.8, 4) is 0 Å². The van der Waals surface area contributed by atoms with Crippen LogP contribution in [0.4, 0.5) is 11.4 Å². The van der Waals surface area contributed by atoms with Gasteiger partial charge in [-0.3, -0.25) is 20.2 Å². The van der Waals surface area contributed by atoms with Gasteiger partial charge in [-0.1, -0.05) is 24.3 Å². The first-order valence-electron chi connectivity index (χ1n) is 8.73. The monoisotopic (exact) mass is 355 g/mol. The van der Waals surface area contributed by atoms with Crippen molar-refractivity contribution < 1.29 is 9.85 Å². The van der Waals surface area contributed by atoms with Crippen LogP contribution >= 0.6 is 0 Å². The van der Waals surface area contributed by atoms with Crippen LogP contribution in [0, 0.1) is 20.2 Å². The molecule has 7 nitrogen and oxygen atoms in total. The average Bonchev–Trinajstić information content (AvgIpc) is 2.67. The van der Waals surface area contributed by atoms with Crippen molar-refractivity contribution in [3.63, 3.8) is 0 Å². The minimum absolute atomic E-state index is 0.116. The van der Waals surface area contributed by atoms with Gasteiger partial charge in [-0.05, 0) is 42.9 Å². The second-order valence-corrected chi connectivity index (χ2v) is 6.66. The number of likely N-dealkylation sites (tertiary alicyclic amines) is 1. The molecule has 2 aromatic rings. The molecule has 7 heteroatoms. The number of rotatable bonds is 6. The van der Waals surface area contributed by atoms with Crippen molar-refractivity contribution in [2.45, 2.75) is 25.2 Å². The van der Waals surface area contributed by atoms with E-state index in [0.29, 0.717) is 5.92 Å². The largest absolute Gasteiger partial charge is 0.302 e. The van der Waals surface area contributed by atoms with Crippen LogP contribution in [0.5, 0.6) is 0 Å². The molecule has 1 fully saturated rings. The van der Waals surface area contributed by atoms with Gasteiger partial charge in [-0.2, -0.15) is 0 Å². The van der Waals surface area contributed by atoms with Crippen LogP contribution in [0.2, 0.25) is 0 Å². The molecule has 0 aliphatic carbocycles. The van der Waals surface area contributed by atoms with Crippen molar-refractivity contribution in [3.05, 3.63) is 79.9 Å². The van der Waals surface area contributed by atoms with Gasteiger partial charge in [0.05, 0.1) is 9.85 Å². The molecule has 0 saturated carbocycles. The second-order valence-electron chi connectivity index (χ2n) is 6.66. The molecule has 0 aromatic heterocycles. The lowest BCUT2D eigenvalue weighted by molar-refractivity contribution is -0.385. The number of nitro benzene ring substituents is 2. The van der Waals surface area contributed by atoms with Crippen LogP contribution in [0.3, 0.4) is 0 Å². The van der Waals surface area contributed by atoms with E-state index in [1.165, 1.54) is 0 Å². The molecule has 1 saturated heterocycles. The Bertz CT molecular complexity index is 774. The van der Waals surface area contributed by atoms with Gasteiger partial charge in [-0.15, -0.1) is 0 Å². The lowest BCUT2D eigenvalue weighted by Crippen LogP contribution is -2.35. The number of hydrogen-bond acceptors (Lipinski definition) is 5. The summed E-state index contributed by atoms with van der Waals surface area (Å²) in [6.07, 6.45) is 3.04. The van der Waals surface area contributed by atoms with E-state index in [-0.39, 0.29) is 21.2 Å². The summed E-state index contributed by atoms with van der Waals surface area (Å²) in [5.41, 5.74) is 2.48. The Morgan fingerprint density at radius 2 is 1.50 bits per heavy atom. The smallest absolute Gasteiger partial charge is 0.269 e. The minimum atomic E-state index is -0.386. The highest BCUT2D eigenvalue weighted by atomic mass is 16.6. The van der Waals surface area contributed by atoms with E-state index in [1.54, 1.807) is 24.3 Å². The number of nitro groups is 2. The molecule has 1 heterocycles. The molecule has 136 valence electrons. The van der Waals surface area contributed by atoms with Gasteiger partial charge in [0.1, 0.15) is 0 Å². The molecule has 1 unspecified atom stereocenters. The first-order valence-corrected chi connectivity index (χ1v) is 8.73. The molecule has 3 rings (SSSR count). The zero-order valence-electron chi connectivity index (χ0n) is 14.4. The van der Waals surface area contributed by atoms with Crippen LogP contribution < -0.4 is 0 Å². The fourth-order valence-corrected chi connectivity index (χ4v) is 3.47. The van der Waals surface area contributed by atoms with Gasteiger partial charge in [0.25, 0.3) is 11.4 Å². The molecule has 1 aliphatic heterocycles. The predicted molar refractivity (Wildman–Crippen MR) is 98.3 cm³/mol. The Kier molecular flexibility index (Phi) is 5.58. The predicted octanol–water partition coefficient (Wildman–Crippen LogP) is 3.93. The van der Waals surface area contributed by atoms with E-state index < -0.39 is 0 Å². The maximum atomic E-state index is 10.8. The Hall–Kier alpha value is -2.80. The average molecular weight is 355 g/mol. The van der Waals surface area contributed by atoms with Crippen molar-refractivity contribution in [2.75, 3.05) is 19.6 Å². The van der Waals surface area contributed by atoms with E-state index in [4.69, 9.17) is 0 Å². The zero-order valence-corrected chi connectivity index (χ0v) is 14.4. The van der Waals surface area contributed by atoms with Crippen molar-refractivity contribution in [1.82, 2.24) is 4.90 Å². The standard InChI is InChI=1S/C19H21N3O4/c23-21(24)18-7-3-15(4-8-18)11-13-20-12-1-2-17(14-20)16-5-9-19(10-6-16)22(25)26/h3-10,17H,1-2,11-14H2. The van der Waals surface area contributed by atoms with Gasteiger partial charge in [0.15, 0.2) is 0 Å². The van der Waals surface area contributed by atoms with Crippen molar-refractivity contribution in [1.29, 1.82) is 0 Å². The van der Waals surface area contributed by atoms with E-state index >= 15 is 0 Å². The highest BCUT2D eigenvalue weighted by molar-refractivity contribution is 5.35. The van der Waals surface area contributed by atoms with E-state index in [1.807, 2.05) is 24.3 Å². The molecule has 0 bridgehead atoms. The molecule has 1 aliphatic rings. The maximum Gasteiger partial charge on any atom is 0.269 e. The first kappa shape index (κ1) is 18.0. The summed E-state index contributed by atoms with van der Waals surface area (Å²) in [4.78, 5) is 23.1. The number of benzene rings is 2. The Balaban J connectivity index is 1.56. The molecular weight excluding hydrogens is 334 g/mol. The van der Waals surface area contributed by atoms with Crippen LogP contribution in [0.15, 0.2) is 48.5 Å². The molecule has 1 atom stereocenters. The van der Waals surface area contributed by atoms with Crippen LogP contribution in [-0.4, -0.2) is 34.4 Å². The number of hydrogen-bond donors (Lipinski definition) is 0. The summed E-state index contributed by atoms with van der Waals surface area (Å²) >= 11 is 0. The molecular formula is C19H21N3O4. The fraction of sp³-hybridized carbons (Fsp3) is 0.368. The second kappa shape index (κ2) is 8.05. The quantitative estimate of drug-likeness (QED) is 0.578. The molecule has 0 N–H and O–H groups in total. The highest BCUT2D eigenvalue weighted by Gasteiger charge is 2.21. The summed E-state index contributed by atoms with van der Waals surface area (Å²) in [6, 6.07) is 13.6. The van der Waals surface area contributed by atoms with Gasteiger partial charge in [0.2, 0.25) is 0 Å². The SMILES string of the molecule is O=[N+]([O-])c1ccc(CCN2CCCC(c3ccc([N+](=O)[O-])cc3)C2)cc1. The van der Waals surface area contributed by atoms with E-state index in [9.17, 15) is 20.2 Å². The zero-order chi connectivity index (χ0) is 18.5. The lowest BCUT2D eigenvalue weighted by atomic mass is 9.90. The van der Waals surface area contributed by atoms with Crippen molar-refractivity contribution in [2.24, 2.45) is 0 Å². The minimum Gasteiger partial charge on any atom is -0.302 e.